The predicted octanol–water partition coefficient (Wildman–Crippen LogP) is 5.13. The Morgan fingerprint density at radius 2 is 1.73 bits per heavy atom. The Hall–Kier alpha value is -5.09. The number of aromatic nitrogens is 4. The summed E-state index contributed by atoms with van der Waals surface area (Å²) in [5.41, 5.74) is 4.31. The number of H-pyrrole nitrogens is 1. The van der Waals surface area contributed by atoms with Crippen LogP contribution in [0.5, 0.6) is 5.75 Å². The molecule has 0 radical (unpaired) electrons. The van der Waals surface area contributed by atoms with Gasteiger partial charge in [0.25, 0.3) is 5.56 Å². The molecule has 0 atom stereocenters. The van der Waals surface area contributed by atoms with Gasteiger partial charge >= 0.3 is 5.76 Å². The molecule has 2 aromatic heterocycles. The van der Waals surface area contributed by atoms with E-state index in [1.165, 1.54) is 6.21 Å². The average molecular weight is 594 g/mol. The molecule has 10 nitrogen and oxygen atoms in total. The summed E-state index contributed by atoms with van der Waals surface area (Å²) in [6.45, 7) is 5.52. The lowest BCUT2D eigenvalue weighted by Crippen LogP contribution is -2.30. The SMILES string of the molecule is CCCc1nc(CC=N)n(-c2ccc(OCC(C)(C)O)cc2)c(=O)c1Cc1ccc(-c2ccccc2-c2noc(=O)[nH]2)cc1. The number of rotatable bonds is 12. The average Bonchev–Trinajstić information content (AvgIpc) is 3.45. The highest BCUT2D eigenvalue weighted by molar-refractivity contribution is 5.80. The van der Waals surface area contributed by atoms with E-state index in [1.807, 2.05) is 55.5 Å². The first-order valence-corrected chi connectivity index (χ1v) is 14.5. The zero-order valence-electron chi connectivity index (χ0n) is 25.0. The van der Waals surface area contributed by atoms with Gasteiger partial charge in [-0.15, -0.1) is 0 Å². The molecule has 0 aliphatic rings. The quantitative estimate of drug-likeness (QED) is 0.170. The van der Waals surface area contributed by atoms with Gasteiger partial charge < -0.3 is 15.3 Å². The van der Waals surface area contributed by atoms with Crippen LogP contribution in [0.2, 0.25) is 0 Å². The van der Waals surface area contributed by atoms with Crippen LogP contribution < -0.4 is 16.1 Å². The Morgan fingerprint density at radius 1 is 1.02 bits per heavy atom. The number of nitrogens with zero attached hydrogens (tertiary/aromatic N) is 3. The molecule has 0 spiro atoms. The van der Waals surface area contributed by atoms with Crippen LogP contribution in [0.25, 0.3) is 28.2 Å². The number of nitrogens with one attached hydrogen (secondary N) is 2. The molecule has 0 unspecified atom stereocenters. The first-order valence-electron chi connectivity index (χ1n) is 14.5. The normalized spacial score (nSPS) is 11.5. The van der Waals surface area contributed by atoms with Crippen LogP contribution in [0, 0.1) is 5.41 Å². The van der Waals surface area contributed by atoms with Gasteiger partial charge in [-0.3, -0.25) is 18.9 Å². The molecule has 5 rings (SSSR count). The smallest absolute Gasteiger partial charge is 0.439 e. The molecule has 3 N–H and O–H groups in total. The highest BCUT2D eigenvalue weighted by atomic mass is 16.5. The largest absolute Gasteiger partial charge is 0.491 e. The van der Waals surface area contributed by atoms with Crippen molar-refractivity contribution in [2.24, 2.45) is 0 Å². The van der Waals surface area contributed by atoms with E-state index in [0.29, 0.717) is 41.5 Å². The molecule has 5 aromatic rings. The maximum atomic E-state index is 14.1. The van der Waals surface area contributed by atoms with Crippen molar-refractivity contribution in [3.05, 3.63) is 116 Å². The third kappa shape index (κ3) is 6.92. The second-order valence-electron chi connectivity index (χ2n) is 11.2. The van der Waals surface area contributed by atoms with Crippen LogP contribution in [0.1, 0.15) is 49.8 Å². The third-order valence-corrected chi connectivity index (χ3v) is 7.06. The Labute approximate surface area is 254 Å². The Balaban J connectivity index is 1.49. The molecule has 3 aromatic carbocycles. The minimum absolute atomic E-state index is 0.132. The molecule has 0 aliphatic heterocycles. The van der Waals surface area contributed by atoms with Crippen molar-refractivity contribution in [3.63, 3.8) is 0 Å². The second-order valence-corrected chi connectivity index (χ2v) is 11.2. The molecule has 10 heteroatoms. The van der Waals surface area contributed by atoms with Gasteiger partial charge in [-0.25, -0.2) is 9.78 Å². The fourth-order valence-electron chi connectivity index (χ4n) is 5.01. The summed E-state index contributed by atoms with van der Waals surface area (Å²) >= 11 is 0. The minimum Gasteiger partial charge on any atom is -0.491 e. The van der Waals surface area contributed by atoms with Gasteiger partial charge in [-0.2, -0.15) is 0 Å². The summed E-state index contributed by atoms with van der Waals surface area (Å²) in [6, 6.07) is 22.6. The first kappa shape index (κ1) is 30.4. The highest BCUT2D eigenvalue weighted by Crippen LogP contribution is 2.30. The monoisotopic (exact) mass is 593 g/mol. The van der Waals surface area contributed by atoms with Gasteiger partial charge in [0.1, 0.15) is 18.2 Å². The lowest BCUT2D eigenvalue weighted by molar-refractivity contribution is 0.0285. The van der Waals surface area contributed by atoms with E-state index in [-0.39, 0.29) is 18.6 Å². The maximum absolute atomic E-state index is 14.1. The number of ether oxygens (including phenoxy) is 1. The fourth-order valence-corrected chi connectivity index (χ4v) is 5.01. The van der Waals surface area contributed by atoms with Crippen LogP contribution >= 0.6 is 0 Å². The van der Waals surface area contributed by atoms with E-state index in [4.69, 9.17) is 19.7 Å². The number of aryl methyl sites for hydroxylation is 1. The van der Waals surface area contributed by atoms with Crippen LogP contribution in [-0.2, 0) is 19.3 Å². The minimum atomic E-state index is -0.973. The van der Waals surface area contributed by atoms with Gasteiger partial charge in [0, 0.05) is 30.2 Å². The summed E-state index contributed by atoms with van der Waals surface area (Å²) in [7, 11) is 0. The van der Waals surface area contributed by atoms with E-state index >= 15 is 0 Å². The molecule has 226 valence electrons. The van der Waals surface area contributed by atoms with Crippen molar-refractivity contribution < 1.29 is 14.4 Å². The molecule has 0 saturated heterocycles. The molecule has 0 fully saturated rings. The number of hydrogen-bond acceptors (Lipinski definition) is 8. The lowest BCUT2D eigenvalue weighted by atomic mass is 9.96. The number of benzene rings is 3. The van der Waals surface area contributed by atoms with E-state index < -0.39 is 11.4 Å². The van der Waals surface area contributed by atoms with E-state index in [0.717, 1.165) is 34.4 Å². The molecule has 0 amide bonds. The number of hydrogen-bond donors (Lipinski definition) is 3. The molecule has 0 aliphatic carbocycles. The number of aliphatic hydroxyl groups is 1. The Kier molecular flexibility index (Phi) is 9.01. The van der Waals surface area contributed by atoms with Gasteiger partial charge in [0.2, 0.25) is 0 Å². The number of aromatic amines is 1. The third-order valence-electron chi connectivity index (χ3n) is 7.06. The van der Waals surface area contributed by atoms with Crippen LogP contribution in [-0.4, -0.2) is 43.2 Å². The van der Waals surface area contributed by atoms with Crippen molar-refractivity contribution in [2.45, 2.75) is 52.1 Å². The zero-order valence-corrected chi connectivity index (χ0v) is 25.0. The topological polar surface area (TPSA) is 147 Å². The van der Waals surface area contributed by atoms with Gasteiger partial charge in [0.05, 0.1) is 17.0 Å². The van der Waals surface area contributed by atoms with Crippen molar-refractivity contribution >= 4 is 6.21 Å². The van der Waals surface area contributed by atoms with Crippen molar-refractivity contribution in [1.82, 2.24) is 19.7 Å². The zero-order chi connectivity index (χ0) is 31.3. The summed E-state index contributed by atoms with van der Waals surface area (Å²) in [6.07, 6.45) is 3.31. The van der Waals surface area contributed by atoms with Crippen LogP contribution in [0.3, 0.4) is 0 Å². The van der Waals surface area contributed by atoms with Gasteiger partial charge in [-0.1, -0.05) is 67.0 Å². The maximum Gasteiger partial charge on any atom is 0.439 e. The van der Waals surface area contributed by atoms with Crippen molar-refractivity contribution in [3.8, 4) is 34.0 Å². The molecular formula is C34H35N5O5. The molecule has 0 bridgehead atoms. The molecular weight excluding hydrogens is 558 g/mol. The van der Waals surface area contributed by atoms with E-state index in [1.54, 1.807) is 42.7 Å². The summed E-state index contributed by atoms with van der Waals surface area (Å²) < 4.78 is 12.0. The fraction of sp³-hybridized carbons (Fsp3) is 0.265. The van der Waals surface area contributed by atoms with E-state index in [9.17, 15) is 14.7 Å². The summed E-state index contributed by atoms with van der Waals surface area (Å²) in [4.78, 5) is 33.2. The van der Waals surface area contributed by atoms with E-state index in [2.05, 4.69) is 10.1 Å². The van der Waals surface area contributed by atoms with Crippen molar-refractivity contribution in [2.75, 3.05) is 6.61 Å². The second kappa shape index (κ2) is 13.0. The van der Waals surface area contributed by atoms with Crippen molar-refractivity contribution in [1.29, 1.82) is 5.41 Å². The molecule has 0 saturated carbocycles. The standard InChI is InChI=1S/C34H35N5O5/c1-4-7-29-28(20-22-10-12-23(13-11-22)26-8-5-6-9-27(26)31-37-33(41)44-38-31)32(40)39(30(36-29)18-19-35)24-14-16-25(17-15-24)43-21-34(2,3)42/h5-6,8-17,19,35,42H,4,7,18,20-21H2,1-3H3,(H,37,38,41). The first-order chi connectivity index (χ1) is 21.2. The molecule has 2 heterocycles. The van der Waals surface area contributed by atoms with Gasteiger partial charge in [0.15, 0.2) is 5.82 Å². The summed E-state index contributed by atoms with van der Waals surface area (Å²) in [5.74, 6) is 0.811. The van der Waals surface area contributed by atoms with Crippen LogP contribution in [0.15, 0.2) is 86.9 Å². The lowest BCUT2D eigenvalue weighted by Gasteiger charge is -2.19. The van der Waals surface area contributed by atoms with Gasteiger partial charge in [-0.05, 0) is 61.2 Å². The Bertz CT molecular complexity index is 1860. The predicted molar refractivity (Wildman–Crippen MR) is 169 cm³/mol. The summed E-state index contributed by atoms with van der Waals surface area (Å²) in [5, 5.41) is 21.6. The highest BCUT2D eigenvalue weighted by Gasteiger charge is 2.19. The molecule has 44 heavy (non-hydrogen) atoms. The Morgan fingerprint density at radius 3 is 2.34 bits per heavy atom. The van der Waals surface area contributed by atoms with Crippen LogP contribution in [0.4, 0.5) is 0 Å².